The van der Waals surface area contributed by atoms with Crippen LogP contribution in [0.4, 0.5) is 0 Å². The third-order valence-electron chi connectivity index (χ3n) is 6.44. The first kappa shape index (κ1) is 25.8. The predicted molar refractivity (Wildman–Crippen MR) is 145 cm³/mol. The molecular weight excluding hydrogens is 466 g/mol. The first-order chi connectivity index (χ1) is 18.0. The van der Waals surface area contributed by atoms with Gasteiger partial charge in [-0.15, -0.1) is 6.58 Å². The Bertz CT molecular complexity index is 1420. The van der Waals surface area contributed by atoms with Crippen LogP contribution < -0.4 is 9.47 Å². The van der Waals surface area contributed by atoms with Crippen molar-refractivity contribution >= 4 is 22.8 Å². The first-order valence-electron chi connectivity index (χ1n) is 12.2. The van der Waals surface area contributed by atoms with E-state index in [2.05, 4.69) is 6.58 Å². The molecule has 0 amide bonds. The van der Waals surface area contributed by atoms with Crippen LogP contribution in [0.2, 0.25) is 0 Å². The van der Waals surface area contributed by atoms with Gasteiger partial charge < -0.3 is 14.2 Å². The van der Waals surface area contributed by atoms with Gasteiger partial charge in [-0.1, -0.05) is 30.3 Å². The van der Waals surface area contributed by atoms with Gasteiger partial charge in [0, 0.05) is 16.6 Å². The summed E-state index contributed by atoms with van der Waals surface area (Å²) in [5.41, 5.74) is 4.76. The van der Waals surface area contributed by atoms with Crippen molar-refractivity contribution in [2.45, 2.75) is 26.2 Å². The lowest BCUT2D eigenvalue weighted by molar-refractivity contribution is -0.142. The number of methoxy groups -OCH3 is 2. The summed E-state index contributed by atoms with van der Waals surface area (Å²) in [5.74, 6) is 0.949. The molecule has 0 unspecified atom stereocenters. The Morgan fingerprint density at radius 3 is 2.14 bits per heavy atom. The largest absolute Gasteiger partial charge is 0.497 e. The molecule has 0 radical (unpaired) electrons. The molecule has 4 rings (SSSR count). The molecule has 6 heteroatoms. The highest BCUT2D eigenvalue weighted by Crippen LogP contribution is 2.31. The summed E-state index contributed by atoms with van der Waals surface area (Å²) in [4.78, 5) is 26.3. The van der Waals surface area contributed by atoms with Crippen LogP contribution >= 0.6 is 0 Å². The summed E-state index contributed by atoms with van der Waals surface area (Å²) in [6, 6.07) is 20.8. The van der Waals surface area contributed by atoms with Crippen molar-refractivity contribution in [2.75, 3.05) is 20.8 Å². The van der Waals surface area contributed by atoms with E-state index < -0.39 is 0 Å². The summed E-state index contributed by atoms with van der Waals surface area (Å²) in [5, 5.41) is 0.795. The lowest BCUT2D eigenvalue weighted by Gasteiger charge is -2.09. The van der Waals surface area contributed by atoms with Crippen molar-refractivity contribution in [1.82, 2.24) is 4.57 Å². The monoisotopic (exact) mass is 497 g/mol. The van der Waals surface area contributed by atoms with Crippen LogP contribution in [0.25, 0.3) is 22.0 Å². The molecule has 4 aromatic rings. The molecule has 0 atom stereocenters. The van der Waals surface area contributed by atoms with Crippen LogP contribution in [-0.4, -0.2) is 37.3 Å². The zero-order valence-electron chi connectivity index (χ0n) is 21.5. The molecule has 3 aromatic carbocycles. The SMILES string of the molecule is C=CCCCOC(=O)Cc1c(C)n(C(=O)c2ccc(-c3ccc(OC)cc3)cc2)c2ccc(OC)cc12. The number of unbranched alkanes of at least 4 members (excludes halogenated alkanes) is 1. The Morgan fingerprint density at radius 1 is 0.892 bits per heavy atom. The average molecular weight is 498 g/mol. The number of nitrogens with zero attached hydrogens (tertiary/aromatic N) is 1. The highest BCUT2D eigenvalue weighted by Gasteiger charge is 2.22. The number of carbonyl (C=O) groups excluding carboxylic acids is 2. The minimum absolute atomic E-state index is 0.0697. The van der Waals surface area contributed by atoms with Gasteiger partial charge in [0.15, 0.2) is 0 Å². The van der Waals surface area contributed by atoms with E-state index >= 15 is 0 Å². The number of aromatic nitrogens is 1. The summed E-state index contributed by atoms with van der Waals surface area (Å²) >= 11 is 0. The highest BCUT2D eigenvalue weighted by molar-refractivity contribution is 6.05. The highest BCUT2D eigenvalue weighted by atomic mass is 16.5. The number of rotatable bonds is 10. The molecule has 0 aliphatic rings. The Morgan fingerprint density at radius 2 is 1.51 bits per heavy atom. The van der Waals surface area contributed by atoms with Crippen molar-refractivity contribution in [3.8, 4) is 22.6 Å². The normalized spacial score (nSPS) is 10.8. The molecule has 1 aromatic heterocycles. The third-order valence-corrected chi connectivity index (χ3v) is 6.44. The summed E-state index contributed by atoms with van der Waals surface area (Å²) in [7, 11) is 3.23. The van der Waals surface area contributed by atoms with Crippen molar-refractivity contribution in [1.29, 1.82) is 0 Å². The van der Waals surface area contributed by atoms with E-state index in [1.165, 1.54) is 0 Å². The summed E-state index contributed by atoms with van der Waals surface area (Å²) < 4.78 is 17.7. The molecule has 6 nitrogen and oxygen atoms in total. The lowest BCUT2D eigenvalue weighted by atomic mass is 10.0. The van der Waals surface area contributed by atoms with Crippen LogP contribution in [0, 0.1) is 6.92 Å². The molecule has 0 aliphatic heterocycles. The molecule has 190 valence electrons. The number of benzene rings is 3. The summed E-state index contributed by atoms with van der Waals surface area (Å²) in [6.45, 7) is 5.88. The number of ether oxygens (including phenoxy) is 3. The van der Waals surface area contributed by atoms with Crippen LogP contribution in [0.15, 0.2) is 79.4 Å². The second kappa shape index (κ2) is 11.6. The van der Waals surface area contributed by atoms with Crippen LogP contribution in [0.3, 0.4) is 0 Å². The molecule has 37 heavy (non-hydrogen) atoms. The maximum Gasteiger partial charge on any atom is 0.310 e. The number of carbonyl (C=O) groups is 2. The zero-order chi connectivity index (χ0) is 26.4. The van der Waals surface area contributed by atoms with Crippen molar-refractivity contribution in [2.24, 2.45) is 0 Å². The molecular formula is C31H31NO5. The van der Waals surface area contributed by atoms with E-state index in [-0.39, 0.29) is 18.3 Å². The average Bonchev–Trinajstić information content (AvgIpc) is 3.20. The van der Waals surface area contributed by atoms with Gasteiger partial charge in [-0.05, 0) is 78.9 Å². The smallest absolute Gasteiger partial charge is 0.310 e. The Kier molecular flexibility index (Phi) is 8.08. The van der Waals surface area contributed by atoms with Gasteiger partial charge in [-0.25, -0.2) is 0 Å². The van der Waals surface area contributed by atoms with Gasteiger partial charge in [0.1, 0.15) is 11.5 Å². The van der Waals surface area contributed by atoms with Crippen LogP contribution in [0.5, 0.6) is 11.5 Å². The van der Waals surface area contributed by atoms with Gasteiger partial charge in [-0.2, -0.15) is 0 Å². The van der Waals surface area contributed by atoms with E-state index in [9.17, 15) is 9.59 Å². The number of hydrogen-bond donors (Lipinski definition) is 0. The van der Waals surface area contributed by atoms with Gasteiger partial charge in [0.05, 0.1) is 32.8 Å². The molecule has 1 heterocycles. The zero-order valence-corrected chi connectivity index (χ0v) is 21.5. The maximum atomic E-state index is 13.7. The quantitative estimate of drug-likeness (QED) is 0.145. The number of fused-ring (bicyclic) bond motifs is 1. The van der Waals surface area contributed by atoms with E-state index in [0.29, 0.717) is 23.6 Å². The minimum atomic E-state index is -0.328. The van der Waals surface area contributed by atoms with Crippen LogP contribution in [0.1, 0.15) is 34.5 Å². The molecule has 0 aliphatic carbocycles. The topological polar surface area (TPSA) is 66.8 Å². The molecule has 0 saturated heterocycles. The molecule has 0 bridgehead atoms. The summed E-state index contributed by atoms with van der Waals surface area (Å²) in [6.07, 6.45) is 3.39. The van der Waals surface area contributed by atoms with E-state index in [1.54, 1.807) is 24.9 Å². The number of esters is 1. The Balaban J connectivity index is 1.65. The second-order valence-corrected chi connectivity index (χ2v) is 8.72. The standard InChI is InChI=1S/C31H31NO5/c1-5-6-7-18-37-30(33)20-27-21(2)32(29-17-16-26(36-4)19-28(27)29)31(34)24-10-8-22(9-11-24)23-12-14-25(35-3)15-13-23/h5,8-17,19H,1,6-7,18,20H2,2-4H3. The fraction of sp³-hybridized carbons (Fsp3) is 0.226. The predicted octanol–water partition coefficient (Wildman–Crippen LogP) is 6.37. The van der Waals surface area contributed by atoms with Gasteiger partial charge in [0.2, 0.25) is 0 Å². The third kappa shape index (κ3) is 5.59. The van der Waals surface area contributed by atoms with Crippen molar-refractivity contribution in [3.05, 3.63) is 96.2 Å². The number of hydrogen-bond acceptors (Lipinski definition) is 5. The fourth-order valence-corrected chi connectivity index (χ4v) is 4.40. The number of allylic oxidation sites excluding steroid dienone is 1. The van der Waals surface area contributed by atoms with E-state index in [0.717, 1.165) is 46.2 Å². The van der Waals surface area contributed by atoms with Gasteiger partial charge >= 0.3 is 5.97 Å². The molecule has 0 spiro atoms. The Hall–Kier alpha value is -4.32. The first-order valence-corrected chi connectivity index (χ1v) is 12.2. The fourth-order valence-electron chi connectivity index (χ4n) is 4.40. The van der Waals surface area contributed by atoms with Crippen molar-refractivity contribution in [3.63, 3.8) is 0 Å². The lowest BCUT2D eigenvalue weighted by Crippen LogP contribution is -2.15. The maximum absolute atomic E-state index is 13.7. The Labute approximate surface area is 217 Å². The van der Waals surface area contributed by atoms with E-state index in [4.69, 9.17) is 14.2 Å². The van der Waals surface area contributed by atoms with E-state index in [1.807, 2.05) is 73.7 Å². The minimum Gasteiger partial charge on any atom is -0.497 e. The second-order valence-electron chi connectivity index (χ2n) is 8.72. The molecule has 0 N–H and O–H groups in total. The molecule has 0 saturated carbocycles. The van der Waals surface area contributed by atoms with Gasteiger partial charge in [0.25, 0.3) is 5.91 Å². The molecule has 0 fully saturated rings. The van der Waals surface area contributed by atoms with Crippen LogP contribution in [-0.2, 0) is 16.0 Å². The van der Waals surface area contributed by atoms with Gasteiger partial charge in [-0.3, -0.25) is 14.2 Å². The van der Waals surface area contributed by atoms with Crippen molar-refractivity contribution < 1.29 is 23.8 Å².